The van der Waals surface area contributed by atoms with Crippen LogP contribution in [0.4, 0.5) is 0 Å². The first-order chi connectivity index (χ1) is 11.4. The molecule has 0 N–H and O–H groups in total. The molecule has 3 rings (SSSR count). The van der Waals surface area contributed by atoms with Crippen molar-refractivity contribution in [1.82, 2.24) is 9.88 Å². The van der Waals surface area contributed by atoms with E-state index in [-0.39, 0.29) is 28.7 Å². The number of fused-ring (bicyclic) bond motifs is 1. The van der Waals surface area contributed by atoms with Crippen LogP contribution in [0.2, 0.25) is 0 Å². The van der Waals surface area contributed by atoms with Gasteiger partial charge in [0.15, 0.2) is 14.2 Å². The van der Waals surface area contributed by atoms with Gasteiger partial charge < -0.3 is 4.90 Å². The normalized spacial score (nSPS) is 21.0. The van der Waals surface area contributed by atoms with Gasteiger partial charge in [-0.25, -0.2) is 13.4 Å². The summed E-state index contributed by atoms with van der Waals surface area (Å²) in [5.74, 6) is 0.259. The minimum atomic E-state index is -3.00. The van der Waals surface area contributed by atoms with Crippen molar-refractivity contribution in [3.8, 4) is 0 Å². The highest BCUT2D eigenvalue weighted by Gasteiger charge is 2.35. The number of benzene rings is 1. The number of hydrogen-bond acceptors (Lipinski definition) is 6. The second-order valence-electron chi connectivity index (χ2n) is 5.89. The Morgan fingerprint density at radius 3 is 2.83 bits per heavy atom. The van der Waals surface area contributed by atoms with Crippen LogP contribution < -0.4 is 0 Å². The van der Waals surface area contributed by atoms with Crippen LogP contribution in [0, 0.1) is 0 Å². The third-order valence-electron chi connectivity index (χ3n) is 4.17. The van der Waals surface area contributed by atoms with Crippen molar-refractivity contribution in [2.24, 2.45) is 0 Å². The lowest BCUT2D eigenvalue weighted by Gasteiger charge is -2.29. The number of amides is 1. The quantitative estimate of drug-likeness (QED) is 0.742. The zero-order valence-corrected chi connectivity index (χ0v) is 16.1. The highest BCUT2D eigenvalue weighted by Crippen LogP contribution is 2.33. The van der Waals surface area contributed by atoms with Gasteiger partial charge in [0.05, 0.1) is 27.0 Å². The van der Waals surface area contributed by atoms with Gasteiger partial charge in [0, 0.05) is 12.6 Å². The molecule has 1 saturated heterocycles. The van der Waals surface area contributed by atoms with Crippen molar-refractivity contribution in [2.45, 2.75) is 35.9 Å². The van der Waals surface area contributed by atoms with Gasteiger partial charge in [-0.1, -0.05) is 23.9 Å². The van der Waals surface area contributed by atoms with Gasteiger partial charge in [0.25, 0.3) is 0 Å². The first kappa shape index (κ1) is 17.7. The number of carbonyl (C=O) groups excluding carboxylic acids is 1. The van der Waals surface area contributed by atoms with Crippen molar-refractivity contribution >= 4 is 49.1 Å². The molecule has 1 amide bonds. The molecule has 2 aromatic rings. The summed E-state index contributed by atoms with van der Waals surface area (Å²) in [5, 5.41) is -0.284. The van der Waals surface area contributed by atoms with Crippen LogP contribution in [0.1, 0.15) is 20.3 Å². The number of nitrogens with zero attached hydrogens (tertiary/aromatic N) is 2. The number of thioether (sulfide) groups is 1. The Bertz CT molecular complexity index is 814. The van der Waals surface area contributed by atoms with Crippen LogP contribution in [-0.2, 0) is 14.6 Å². The number of aromatic nitrogens is 1. The average Bonchev–Trinajstić information content (AvgIpc) is 3.10. The monoisotopic (exact) mass is 384 g/mol. The minimum Gasteiger partial charge on any atom is -0.338 e. The largest absolute Gasteiger partial charge is 0.338 e. The van der Waals surface area contributed by atoms with Crippen LogP contribution >= 0.6 is 23.1 Å². The molecule has 2 unspecified atom stereocenters. The van der Waals surface area contributed by atoms with E-state index in [4.69, 9.17) is 0 Å². The van der Waals surface area contributed by atoms with Gasteiger partial charge in [-0.15, -0.1) is 11.3 Å². The molecule has 0 spiro atoms. The summed E-state index contributed by atoms with van der Waals surface area (Å²) in [6.07, 6.45) is 0.542. The van der Waals surface area contributed by atoms with Gasteiger partial charge in [-0.05, 0) is 32.4 Å². The molecular formula is C16H20N2O3S3. The van der Waals surface area contributed by atoms with E-state index in [2.05, 4.69) is 4.98 Å². The van der Waals surface area contributed by atoms with Gasteiger partial charge in [-0.2, -0.15) is 0 Å². The molecular weight excluding hydrogens is 364 g/mol. The molecule has 1 aliphatic rings. The number of hydrogen-bond donors (Lipinski definition) is 0. The topological polar surface area (TPSA) is 67.3 Å². The fraction of sp³-hybridized carbons (Fsp3) is 0.500. The molecule has 2 atom stereocenters. The lowest BCUT2D eigenvalue weighted by atomic mass is 10.2. The zero-order chi connectivity index (χ0) is 17.3. The second-order valence-corrected chi connectivity index (χ2v) is 10.7. The van der Waals surface area contributed by atoms with Crippen LogP contribution in [0.15, 0.2) is 28.6 Å². The summed E-state index contributed by atoms with van der Waals surface area (Å²) in [5.41, 5.74) is 0.943. The van der Waals surface area contributed by atoms with E-state index < -0.39 is 9.84 Å². The number of rotatable bonds is 5. The van der Waals surface area contributed by atoms with Gasteiger partial charge in [0.2, 0.25) is 5.91 Å². The average molecular weight is 385 g/mol. The Kier molecular flexibility index (Phi) is 5.17. The van der Waals surface area contributed by atoms with E-state index in [1.54, 1.807) is 16.2 Å². The number of carbonyl (C=O) groups is 1. The lowest BCUT2D eigenvalue weighted by molar-refractivity contribution is -0.131. The molecule has 0 aliphatic carbocycles. The molecule has 5 nitrogen and oxygen atoms in total. The zero-order valence-electron chi connectivity index (χ0n) is 13.6. The highest BCUT2D eigenvalue weighted by molar-refractivity contribution is 8.02. The van der Waals surface area contributed by atoms with Gasteiger partial charge >= 0.3 is 0 Å². The molecule has 24 heavy (non-hydrogen) atoms. The van der Waals surface area contributed by atoms with E-state index in [0.717, 1.165) is 14.6 Å². The van der Waals surface area contributed by atoms with E-state index in [9.17, 15) is 13.2 Å². The Balaban J connectivity index is 1.71. The van der Waals surface area contributed by atoms with E-state index in [1.165, 1.54) is 11.8 Å². The molecule has 2 heterocycles. The lowest BCUT2D eigenvalue weighted by Crippen LogP contribution is -2.44. The van der Waals surface area contributed by atoms with Crippen LogP contribution in [-0.4, -0.2) is 53.6 Å². The molecule has 0 saturated carbocycles. The second kappa shape index (κ2) is 7.01. The molecule has 130 valence electrons. The van der Waals surface area contributed by atoms with E-state index >= 15 is 0 Å². The molecule has 1 aliphatic heterocycles. The standard InChI is InChI=1S/C16H20N2O3S3/c1-3-18(12-8-9-24(20,21)10-12)15(19)11(2)22-16-17-13-6-4-5-7-14(13)23-16/h4-7,11-12H,3,8-10H2,1-2H3. The van der Waals surface area contributed by atoms with Crippen molar-refractivity contribution in [3.63, 3.8) is 0 Å². The first-order valence-electron chi connectivity index (χ1n) is 7.93. The van der Waals surface area contributed by atoms with E-state index in [1.807, 2.05) is 38.1 Å². The molecule has 0 radical (unpaired) electrons. The summed E-state index contributed by atoms with van der Waals surface area (Å²) in [4.78, 5) is 19.1. The molecule has 8 heteroatoms. The predicted octanol–water partition coefficient (Wildman–Crippen LogP) is 2.81. The van der Waals surface area contributed by atoms with Crippen LogP contribution in [0.5, 0.6) is 0 Å². The van der Waals surface area contributed by atoms with Gasteiger partial charge in [0.1, 0.15) is 0 Å². The third kappa shape index (κ3) is 3.75. The summed E-state index contributed by atoms with van der Waals surface area (Å²) in [7, 11) is -3.00. The smallest absolute Gasteiger partial charge is 0.236 e. The fourth-order valence-corrected chi connectivity index (χ4v) is 6.96. The fourth-order valence-electron chi connectivity index (χ4n) is 2.95. The maximum Gasteiger partial charge on any atom is 0.236 e. The Morgan fingerprint density at radius 1 is 1.46 bits per heavy atom. The van der Waals surface area contributed by atoms with Gasteiger partial charge in [-0.3, -0.25) is 4.79 Å². The molecule has 1 aromatic carbocycles. The number of para-hydroxylation sites is 1. The Labute approximate surface area is 150 Å². The van der Waals surface area contributed by atoms with E-state index in [0.29, 0.717) is 13.0 Å². The summed E-state index contributed by atoms with van der Waals surface area (Å²) >= 11 is 3.03. The van der Waals surface area contributed by atoms with Crippen molar-refractivity contribution in [3.05, 3.63) is 24.3 Å². The Morgan fingerprint density at radius 2 is 2.21 bits per heavy atom. The SMILES string of the molecule is CCN(C(=O)C(C)Sc1nc2ccccc2s1)C1CCS(=O)(=O)C1. The summed E-state index contributed by atoms with van der Waals surface area (Å²) < 4.78 is 25.4. The van der Waals surface area contributed by atoms with Crippen molar-refractivity contribution in [2.75, 3.05) is 18.1 Å². The van der Waals surface area contributed by atoms with Crippen LogP contribution in [0.3, 0.4) is 0 Å². The Hall–Kier alpha value is -1.12. The third-order valence-corrected chi connectivity index (χ3v) is 8.14. The summed E-state index contributed by atoms with van der Waals surface area (Å²) in [6.45, 7) is 4.30. The van der Waals surface area contributed by atoms with Crippen LogP contribution in [0.25, 0.3) is 10.2 Å². The number of thiazole rings is 1. The number of sulfone groups is 1. The highest BCUT2D eigenvalue weighted by atomic mass is 32.2. The summed E-state index contributed by atoms with van der Waals surface area (Å²) in [6, 6.07) is 7.72. The molecule has 0 bridgehead atoms. The minimum absolute atomic E-state index is 0.0103. The maximum absolute atomic E-state index is 12.8. The first-order valence-corrected chi connectivity index (χ1v) is 11.4. The van der Waals surface area contributed by atoms with Crippen molar-refractivity contribution < 1.29 is 13.2 Å². The predicted molar refractivity (Wildman–Crippen MR) is 99.4 cm³/mol. The molecule has 1 fully saturated rings. The van der Waals surface area contributed by atoms with Crippen molar-refractivity contribution in [1.29, 1.82) is 0 Å². The molecule has 1 aromatic heterocycles. The maximum atomic E-state index is 12.8.